The maximum Gasteiger partial charge on any atom is 0.130 e. The van der Waals surface area contributed by atoms with Crippen LogP contribution in [0.1, 0.15) is 25.3 Å². The standard InChI is InChI=1S/C12H16FNO2/c1-12(4-3-5-14-12)11-9(15)6-8(13)7-10(11)16-2/h6-7,14-15H,3-5H2,1-2H3. The number of ether oxygens (including phenoxy) is 1. The van der Waals surface area contributed by atoms with Crippen molar-refractivity contribution >= 4 is 0 Å². The fraction of sp³-hybridized carbons (Fsp3) is 0.500. The second-order valence-corrected chi connectivity index (χ2v) is 4.36. The molecule has 1 aliphatic heterocycles. The van der Waals surface area contributed by atoms with E-state index in [2.05, 4.69) is 5.32 Å². The van der Waals surface area contributed by atoms with Crippen LogP contribution in [0.5, 0.6) is 11.5 Å². The number of phenols is 1. The molecule has 2 N–H and O–H groups in total. The SMILES string of the molecule is COc1cc(F)cc(O)c1C1(C)CCCN1. The molecule has 1 aromatic rings. The molecule has 1 aromatic carbocycles. The Kier molecular flexibility index (Phi) is 2.76. The van der Waals surface area contributed by atoms with Gasteiger partial charge in [0, 0.05) is 17.7 Å². The van der Waals surface area contributed by atoms with Crippen molar-refractivity contribution in [1.29, 1.82) is 0 Å². The molecule has 1 atom stereocenters. The van der Waals surface area contributed by atoms with Gasteiger partial charge in [-0.05, 0) is 26.3 Å². The summed E-state index contributed by atoms with van der Waals surface area (Å²) in [4.78, 5) is 0. The first-order valence-corrected chi connectivity index (χ1v) is 5.39. The highest BCUT2D eigenvalue weighted by atomic mass is 19.1. The van der Waals surface area contributed by atoms with E-state index >= 15 is 0 Å². The van der Waals surface area contributed by atoms with Crippen LogP contribution >= 0.6 is 0 Å². The van der Waals surface area contributed by atoms with E-state index in [-0.39, 0.29) is 11.3 Å². The number of benzene rings is 1. The molecule has 0 saturated carbocycles. The van der Waals surface area contributed by atoms with Crippen LogP contribution in [0.2, 0.25) is 0 Å². The molecule has 1 heterocycles. The van der Waals surface area contributed by atoms with E-state index in [1.54, 1.807) is 0 Å². The number of rotatable bonds is 2. The van der Waals surface area contributed by atoms with Crippen molar-refractivity contribution in [3.63, 3.8) is 0 Å². The van der Waals surface area contributed by atoms with Gasteiger partial charge < -0.3 is 15.2 Å². The molecule has 4 heteroatoms. The lowest BCUT2D eigenvalue weighted by atomic mass is 9.89. The van der Waals surface area contributed by atoms with Crippen molar-refractivity contribution in [3.8, 4) is 11.5 Å². The highest BCUT2D eigenvalue weighted by molar-refractivity contribution is 5.49. The van der Waals surface area contributed by atoms with E-state index in [1.807, 2.05) is 6.92 Å². The summed E-state index contributed by atoms with van der Waals surface area (Å²) >= 11 is 0. The fourth-order valence-electron chi connectivity index (χ4n) is 2.39. The first kappa shape index (κ1) is 11.2. The molecule has 0 spiro atoms. The van der Waals surface area contributed by atoms with Gasteiger partial charge in [0.15, 0.2) is 0 Å². The van der Waals surface area contributed by atoms with E-state index in [1.165, 1.54) is 13.2 Å². The molecule has 88 valence electrons. The average molecular weight is 225 g/mol. The Labute approximate surface area is 94.2 Å². The third-order valence-electron chi connectivity index (χ3n) is 3.19. The molecule has 3 nitrogen and oxygen atoms in total. The molecular weight excluding hydrogens is 209 g/mol. The van der Waals surface area contributed by atoms with Gasteiger partial charge in [-0.3, -0.25) is 0 Å². The lowest BCUT2D eigenvalue weighted by molar-refractivity contribution is 0.347. The summed E-state index contributed by atoms with van der Waals surface area (Å²) in [6.07, 6.45) is 1.94. The van der Waals surface area contributed by atoms with Gasteiger partial charge in [0.1, 0.15) is 17.3 Å². The van der Waals surface area contributed by atoms with E-state index in [0.717, 1.165) is 25.5 Å². The van der Waals surface area contributed by atoms with Crippen molar-refractivity contribution in [2.24, 2.45) is 0 Å². The number of methoxy groups -OCH3 is 1. The summed E-state index contributed by atoms with van der Waals surface area (Å²) in [6, 6.07) is 2.43. The average Bonchev–Trinajstić information content (AvgIpc) is 2.64. The second-order valence-electron chi connectivity index (χ2n) is 4.36. The fourth-order valence-corrected chi connectivity index (χ4v) is 2.39. The molecule has 0 bridgehead atoms. The monoisotopic (exact) mass is 225 g/mol. The van der Waals surface area contributed by atoms with Crippen LogP contribution in [-0.4, -0.2) is 18.8 Å². The zero-order chi connectivity index (χ0) is 11.8. The first-order chi connectivity index (χ1) is 7.57. The minimum atomic E-state index is -0.486. The molecule has 1 saturated heterocycles. The van der Waals surface area contributed by atoms with Crippen molar-refractivity contribution in [1.82, 2.24) is 5.32 Å². The third-order valence-corrected chi connectivity index (χ3v) is 3.19. The topological polar surface area (TPSA) is 41.5 Å². The lowest BCUT2D eigenvalue weighted by Crippen LogP contribution is -2.33. The normalized spacial score (nSPS) is 24.7. The quantitative estimate of drug-likeness (QED) is 0.810. The zero-order valence-corrected chi connectivity index (χ0v) is 9.51. The van der Waals surface area contributed by atoms with Gasteiger partial charge in [0.25, 0.3) is 0 Å². The van der Waals surface area contributed by atoms with Crippen molar-refractivity contribution in [2.75, 3.05) is 13.7 Å². The van der Waals surface area contributed by atoms with Crippen LogP contribution in [0, 0.1) is 5.82 Å². The molecule has 0 radical (unpaired) electrons. The Bertz CT molecular complexity index is 400. The van der Waals surface area contributed by atoms with Gasteiger partial charge >= 0.3 is 0 Å². The smallest absolute Gasteiger partial charge is 0.130 e. The number of hydrogen-bond donors (Lipinski definition) is 2. The molecule has 0 aliphatic carbocycles. The van der Waals surface area contributed by atoms with Crippen LogP contribution in [0.3, 0.4) is 0 Å². The summed E-state index contributed by atoms with van der Waals surface area (Å²) in [5, 5.41) is 13.2. The number of aromatic hydroxyl groups is 1. The maximum atomic E-state index is 13.1. The Morgan fingerprint density at radius 3 is 2.81 bits per heavy atom. The van der Waals surface area contributed by atoms with Gasteiger partial charge in [-0.1, -0.05) is 0 Å². The summed E-state index contributed by atoms with van der Waals surface area (Å²) in [5.41, 5.74) is 0.317. The number of hydrogen-bond acceptors (Lipinski definition) is 3. The highest BCUT2D eigenvalue weighted by Gasteiger charge is 2.35. The lowest BCUT2D eigenvalue weighted by Gasteiger charge is -2.27. The van der Waals surface area contributed by atoms with E-state index in [9.17, 15) is 9.50 Å². The molecule has 0 aromatic heterocycles. The maximum absolute atomic E-state index is 13.1. The number of phenolic OH excluding ortho intramolecular Hbond substituents is 1. The van der Waals surface area contributed by atoms with E-state index < -0.39 is 5.82 Å². The molecule has 0 amide bonds. The number of halogens is 1. The summed E-state index contributed by atoms with van der Waals surface area (Å²) in [5.74, 6) is -0.136. The summed E-state index contributed by atoms with van der Waals surface area (Å²) in [7, 11) is 1.48. The van der Waals surface area contributed by atoms with Gasteiger partial charge in [-0.2, -0.15) is 0 Å². The van der Waals surface area contributed by atoms with Gasteiger partial charge in [0.2, 0.25) is 0 Å². The van der Waals surface area contributed by atoms with Crippen molar-refractivity contribution < 1.29 is 14.2 Å². The second kappa shape index (κ2) is 3.94. The van der Waals surface area contributed by atoms with Crippen molar-refractivity contribution in [2.45, 2.75) is 25.3 Å². The zero-order valence-electron chi connectivity index (χ0n) is 9.51. The largest absolute Gasteiger partial charge is 0.507 e. The Balaban J connectivity index is 2.54. The molecule has 1 fully saturated rings. The van der Waals surface area contributed by atoms with Gasteiger partial charge in [-0.15, -0.1) is 0 Å². The van der Waals surface area contributed by atoms with E-state index in [0.29, 0.717) is 11.3 Å². The Morgan fingerprint density at radius 1 is 1.50 bits per heavy atom. The minimum Gasteiger partial charge on any atom is -0.507 e. The molecule has 1 unspecified atom stereocenters. The minimum absolute atomic E-state index is 0.0475. The Hall–Kier alpha value is -1.29. The van der Waals surface area contributed by atoms with Crippen LogP contribution < -0.4 is 10.1 Å². The summed E-state index contributed by atoms with van der Waals surface area (Å²) < 4.78 is 18.3. The van der Waals surface area contributed by atoms with Crippen LogP contribution in [-0.2, 0) is 5.54 Å². The van der Waals surface area contributed by atoms with Crippen molar-refractivity contribution in [3.05, 3.63) is 23.5 Å². The van der Waals surface area contributed by atoms with Crippen LogP contribution in [0.4, 0.5) is 4.39 Å². The third kappa shape index (κ3) is 1.73. The highest BCUT2D eigenvalue weighted by Crippen LogP contribution is 2.42. The Morgan fingerprint density at radius 2 is 2.25 bits per heavy atom. The molecule has 2 rings (SSSR count). The van der Waals surface area contributed by atoms with Gasteiger partial charge in [0.05, 0.1) is 12.7 Å². The van der Waals surface area contributed by atoms with Crippen LogP contribution in [0.15, 0.2) is 12.1 Å². The molecule has 1 aliphatic rings. The predicted molar refractivity (Wildman–Crippen MR) is 59.2 cm³/mol. The predicted octanol–water partition coefficient (Wildman–Crippen LogP) is 2.14. The first-order valence-electron chi connectivity index (χ1n) is 5.39. The summed E-state index contributed by atoms with van der Waals surface area (Å²) in [6.45, 7) is 2.89. The molecular formula is C12H16FNO2. The van der Waals surface area contributed by atoms with Crippen LogP contribution in [0.25, 0.3) is 0 Å². The molecule has 16 heavy (non-hydrogen) atoms. The van der Waals surface area contributed by atoms with Gasteiger partial charge in [-0.25, -0.2) is 4.39 Å². The van der Waals surface area contributed by atoms with E-state index in [4.69, 9.17) is 4.74 Å². The number of nitrogens with one attached hydrogen (secondary N) is 1.